The molecule has 0 aliphatic heterocycles. The normalized spacial score (nSPS) is 10.3. The maximum Gasteiger partial charge on any atom is 0.308 e. The van der Waals surface area contributed by atoms with Crippen LogP contribution in [0.5, 0.6) is 0 Å². The molecular weight excluding hydrogens is 329 g/mol. The molecule has 0 heterocycles. The second-order valence-electron chi connectivity index (χ2n) is 4.70. The molecule has 3 N–H and O–H groups in total. The third-order valence-corrected chi connectivity index (χ3v) is 2.92. The van der Waals surface area contributed by atoms with Crippen molar-refractivity contribution >= 4 is 34.7 Å². The Morgan fingerprint density at radius 3 is 2.74 bits per heavy atom. The molecule has 7 nitrogen and oxygen atoms in total. The van der Waals surface area contributed by atoms with E-state index in [0.29, 0.717) is 0 Å². The molecule has 0 aromatic heterocycles. The molecule has 0 spiro atoms. The Morgan fingerprint density at radius 2 is 2.17 bits per heavy atom. The van der Waals surface area contributed by atoms with Crippen molar-refractivity contribution in [3.63, 3.8) is 0 Å². The molecule has 0 bridgehead atoms. The van der Waals surface area contributed by atoms with Gasteiger partial charge in [0.1, 0.15) is 11.8 Å². The van der Waals surface area contributed by atoms with Gasteiger partial charge in [0.15, 0.2) is 5.82 Å². The number of nitrogens with zero attached hydrogens (tertiary/aromatic N) is 1. The van der Waals surface area contributed by atoms with Gasteiger partial charge in [-0.05, 0) is 19.9 Å². The largest absolute Gasteiger partial charge is 0.463 e. The Labute approximate surface area is 137 Å². The first-order chi connectivity index (χ1) is 10.8. The first kappa shape index (κ1) is 18.7. The third kappa shape index (κ3) is 5.09. The molecule has 0 aliphatic carbocycles. The lowest BCUT2D eigenvalue weighted by atomic mass is 10.1. The van der Waals surface area contributed by atoms with Gasteiger partial charge in [-0.15, -0.1) is 0 Å². The smallest absolute Gasteiger partial charge is 0.308 e. The van der Waals surface area contributed by atoms with Crippen molar-refractivity contribution in [1.82, 2.24) is 0 Å². The summed E-state index contributed by atoms with van der Waals surface area (Å²) in [6.07, 6.45) is -0.327. The van der Waals surface area contributed by atoms with Gasteiger partial charge in [-0.2, -0.15) is 5.26 Å². The lowest BCUT2D eigenvalue weighted by Crippen LogP contribution is -2.15. The summed E-state index contributed by atoms with van der Waals surface area (Å²) in [6, 6.07) is 2.33. The molecule has 0 aliphatic rings. The molecule has 0 saturated heterocycles. The Hall–Kier alpha value is -2.37. The summed E-state index contributed by atoms with van der Waals surface area (Å²) in [5, 5.41) is 8.28. The molecule has 0 fully saturated rings. The summed E-state index contributed by atoms with van der Waals surface area (Å²) in [5.41, 5.74) is 6.60. The molecule has 1 aromatic carbocycles. The number of hydrogen-bond acceptors (Lipinski definition) is 7. The van der Waals surface area contributed by atoms with E-state index in [9.17, 15) is 14.0 Å². The molecule has 0 atom stereocenters. The van der Waals surface area contributed by atoms with Gasteiger partial charge >= 0.3 is 5.97 Å². The van der Waals surface area contributed by atoms with E-state index in [2.05, 4.69) is 5.48 Å². The number of hydrogen-bond donors (Lipinski definition) is 2. The van der Waals surface area contributed by atoms with Crippen LogP contribution >= 0.6 is 11.6 Å². The van der Waals surface area contributed by atoms with Gasteiger partial charge in [-0.25, -0.2) is 4.39 Å². The fourth-order valence-electron chi connectivity index (χ4n) is 1.55. The van der Waals surface area contributed by atoms with Crippen molar-refractivity contribution in [3.05, 3.63) is 22.5 Å². The maximum absolute atomic E-state index is 13.9. The molecule has 0 unspecified atom stereocenters. The number of carbonyl (C=O) groups excluding carboxylic acids is 2. The number of nitrogen functional groups attached to an aromatic ring is 1. The van der Waals surface area contributed by atoms with Crippen LogP contribution in [0.4, 0.5) is 15.8 Å². The average molecular weight is 344 g/mol. The highest BCUT2D eigenvalue weighted by Gasteiger charge is 2.20. The summed E-state index contributed by atoms with van der Waals surface area (Å²) >= 11 is 5.87. The molecule has 1 aromatic rings. The van der Waals surface area contributed by atoms with E-state index in [1.54, 1.807) is 13.8 Å². The number of benzene rings is 1. The summed E-state index contributed by atoms with van der Waals surface area (Å²) in [7, 11) is 0. The molecule has 0 saturated carbocycles. The SMILES string of the molecule is CC(C)OC(=O)CCONc1c(F)c(N)cc(C(=O)C#N)c1Cl. The zero-order valence-corrected chi connectivity index (χ0v) is 13.2. The lowest BCUT2D eigenvalue weighted by Gasteiger charge is -2.13. The number of esters is 1. The Morgan fingerprint density at radius 1 is 1.52 bits per heavy atom. The van der Waals surface area contributed by atoms with Crippen LogP contribution in [0.15, 0.2) is 6.07 Å². The molecule has 23 heavy (non-hydrogen) atoms. The molecule has 0 amide bonds. The molecule has 9 heteroatoms. The lowest BCUT2D eigenvalue weighted by molar-refractivity contribution is -0.148. The van der Waals surface area contributed by atoms with Gasteiger partial charge in [0, 0.05) is 0 Å². The number of anilines is 2. The van der Waals surface area contributed by atoms with Gasteiger partial charge in [0.2, 0.25) is 0 Å². The number of ketones is 1. The summed E-state index contributed by atoms with van der Waals surface area (Å²) in [6.45, 7) is 3.27. The van der Waals surface area contributed by atoms with E-state index in [0.717, 1.165) is 6.07 Å². The van der Waals surface area contributed by atoms with Gasteiger partial charge in [-0.1, -0.05) is 11.6 Å². The maximum atomic E-state index is 13.9. The van der Waals surface area contributed by atoms with Crippen LogP contribution in [0, 0.1) is 17.1 Å². The molecule has 1 rings (SSSR count). The number of carbonyl (C=O) groups is 2. The minimum atomic E-state index is -0.967. The number of nitrogens with two attached hydrogens (primary N) is 1. The van der Waals surface area contributed by atoms with E-state index in [1.807, 2.05) is 0 Å². The number of ether oxygens (including phenoxy) is 1. The first-order valence-electron chi connectivity index (χ1n) is 6.57. The van der Waals surface area contributed by atoms with Crippen LogP contribution in [-0.4, -0.2) is 24.5 Å². The molecule has 0 radical (unpaired) electrons. The number of Topliss-reactive ketones (excluding diaryl/α,β-unsaturated/α-hetero) is 1. The van der Waals surface area contributed by atoms with Crippen LogP contribution < -0.4 is 11.2 Å². The van der Waals surface area contributed by atoms with Crippen molar-refractivity contribution in [3.8, 4) is 6.07 Å². The van der Waals surface area contributed by atoms with Gasteiger partial charge in [0.25, 0.3) is 5.78 Å². The van der Waals surface area contributed by atoms with Crippen LogP contribution in [0.3, 0.4) is 0 Å². The van der Waals surface area contributed by atoms with Gasteiger partial charge in [-0.3, -0.25) is 19.9 Å². The van der Waals surface area contributed by atoms with E-state index in [4.69, 9.17) is 32.2 Å². The van der Waals surface area contributed by atoms with E-state index in [1.165, 1.54) is 6.07 Å². The highest BCUT2D eigenvalue weighted by atomic mass is 35.5. The number of rotatable bonds is 7. The zero-order valence-electron chi connectivity index (χ0n) is 12.5. The predicted molar refractivity (Wildman–Crippen MR) is 81.2 cm³/mol. The van der Waals surface area contributed by atoms with Crippen molar-refractivity contribution in [2.24, 2.45) is 0 Å². The fraction of sp³-hybridized carbons (Fsp3) is 0.357. The highest BCUT2D eigenvalue weighted by Crippen LogP contribution is 2.33. The number of halogens is 2. The van der Waals surface area contributed by atoms with Crippen molar-refractivity contribution in [2.45, 2.75) is 26.4 Å². The molecular formula is C14H15ClFN3O4. The van der Waals surface area contributed by atoms with Gasteiger partial charge < -0.3 is 10.5 Å². The van der Waals surface area contributed by atoms with Crippen molar-refractivity contribution in [1.29, 1.82) is 5.26 Å². The minimum Gasteiger partial charge on any atom is -0.463 e. The van der Waals surface area contributed by atoms with Gasteiger partial charge in [0.05, 0.1) is 35.4 Å². The van der Waals surface area contributed by atoms with E-state index in [-0.39, 0.29) is 41.1 Å². The highest BCUT2D eigenvalue weighted by molar-refractivity contribution is 6.37. The Kier molecular flexibility index (Phi) is 6.75. The fourth-order valence-corrected chi connectivity index (χ4v) is 1.81. The second kappa shape index (κ2) is 8.31. The monoisotopic (exact) mass is 343 g/mol. The summed E-state index contributed by atoms with van der Waals surface area (Å²) in [5.74, 6) is -2.39. The zero-order chi connectivity index (χ0) is 17.6. The quantitative estimate of drug-likeness (QED) is 0.195. The number of nitriles is 1. The van der Waals surface area contributed by atoms with Crippen LogP contribution in [0.1, 0.15) is 30.6 Å². The second-order valence-corrected chi connectivity index (χ2v) is 5.07. The van der Waals surface area contributed by atoms with E-state index < -0.39 is 17.6 Å². The van der Waals surface area contributed by atoms with Crippen LogP contribution in [-0.2, 0) is 14.4 Å². The first-order valence-corrected chi connectivity index (χ1v) is 6.94. The summed E-state index contributed by atoms with van der Waals surface area (Å²) in [4.78, 5) is 27.7. The van der Waals surface area contributed by atoms with Crippen LogP contribution in [0.2, 0.25) is 5.02 Å². The summed E-state index contributed by atoms with van der Waals surface area (Å²) < 4.78 is 18.8. The van der Waals surface area contributed by atoms with Crippen LogP contribution in [0.25, 0.3) is 0 Å². The standard InChI is InChI=1S/C14H15ClFN3O4/c1-7(2)23-11(21)3-4-22-19-14-12(15)8(10(20)6-17)5-9(18)13(14)16/h5,7,19H,3-4,18H2,1-2H3. The van der Waals surface area contributed by atoms with Crippen molar-refractivity contribution < 1.29 is 23.6 Å². The van der Waals surface area contributed by atoms with E-state index >= 15 is 0 Å². The minimum absolute atomic E-state index is 0.0727. The topological polar surface area (TPSA) is 114 Å². The Balaban J connectivity index is 2.77. The van der Waals surface area contributed by atoms with Crippen molar-refractivity contribution in [2.75, 3.05) is 17.8 Å². The average Bonchev–Trinajstić information content (AvgIpc) is 2.48. The predicted octanol–water partition coefficient (Wildman–Crippen LogP) is 2.45. The Bertz CT molecular complexity index is 658. The third-order valence-electron chi connectivity index (χ3n) is 2.52. The number of nitrogens with one attached hydrogen (secondary N) is 1. The molecule has 124 valence electrons.